The van der Waals surface area contributed by atoms with Crippen molar-refractivity contribution in [2.75, 3.05) is 25.1 Å². The number of aromatic nitrogens is 4. The van der Waals surface area contributed by atoms with Crippen molar-refractivity contribution in [1.29, 1.82) is 0 Å². The van der Waals surface area contributed by atoms with Gasteiger partial charge in [0.15, 0.2) is 10.8 Å². The van der Waals surface area contributed by atoms with Gasteiger partial charge < -0.3 is 19.7 Å². The summed E-state index contributed by atoms with van der Waals surface area (Å²) in [6, 6.07) is 9.16. The van der Waals surface area contributed by atoms with E-state index in [2.05, 4.69) is 68.8 Å². The van der Waals surface area contributed by atoms with Crippen LogP contribution in [0.25, 0.3) is 5.82 Å². The number of carbonyl (C=O) groups is 2. The smallest absolute Gasteiger partial charge is 0.410 e. The van der Waals surface area contributed by atoms with Crippen LogP contribution in [0.3, 0.4) is 0 Å². The van der Waals surface area contributed by atoms with Gasteiger partial charge in [0.1, 0.15) is 11.0 Å². The van der Waals surface area contributed by atoms with Gasteiger partial charge in [-0.05, 0) is 88.0 Å². The van der Waals surface area contributed by atoms with Gasteiger partial charge in [0, 0.05) is 30.4 Å². The van der Waals surface area contributed by atoms with Crippen LogP contribution in [0, 0.1) is 17.8 Å². The Balaban J connectivity index is 1.32. The van der Waals surface area contributed by atoms with Crippen LogP contribution < -0.4 is 14.8 Å². The van der Waals surface area contributed by atoms with Crippen LogP contribution in [0.5, 0.6) is 5.88 Å². The highest BCUT2D eigenvalue weighted by Crippen LogP contribution is 2.36. The number of nitrogens with one attached hydrogen (secondary N) is 2. The summed E-state index contributed by atoms with van der Waals surface area (Å²) in [5, 5.41) is 7.04. The Morgan fingerprint density at radius 3 is 2.49 bits per heavy atom. The van der Waals surface area contributed by atoms with Crippen LogP contribution >= 0.6 is 11.6 Å². The summed E-state index contributed by atoms with van der Waals surface area (Å²) in [4.78, 5) is 36.2. The first kappa shape index (κ1) is 39.9. The van der Waals surface area contributed by atoms with Gasteiger partial charge in [-0.1, -0.05) is 58.7 Å². The minimum Gasteiger partial charge on any atom is -0.476 e. The van der Waals surface area contributed by atoms with Gasteiger partial charge in [0.05, 0.1) is 18.8 Å². The molecule has 1 fully saturated rings. The number of rotatable bonds is 17. The van der Waals surface area contributed by atoms with Crippen LogP contribution in [0.4, 0.5) is 10.6 Å². The van der Waals surface area contributed by atoms with E-state index in [1.807, 2.05) is 9.62 Å². The van der Waals surface area contributed by atoms with Crippen molar-refractivity contribution in [1.82, 2.24) is 29.4 Å². The average Bonchev–Trinajstić information content (AvgIpc) is 3.66. The summed E-state index contributed by atoms with van der Waals surface area (Å²) in [6.07, 6.45) is 6.45. The number of hydrogen-bond acceptors (Lipinski definition) is 10. The highest BCUT2D eigenvalue weighted by Gasteiger charge is 2.43. The number of hydrogen-bond donors (Lipinski definition) is 2. The molecule has 280 valence electrons. The lowest BCUT2D eigenvalue weighted by molar-refractivity contribution is 0.0613. The zero-order valence-electron chi connectivity index (χ0n) is 30.7. The van der Waals surface area contributed by atoms with Crippen LogP contribution in [0.1, 0.15) is 97.3 Å². The third kappa shape index (κ3) is 10.6. The van der Waals surface area contributed by atoms with E-state index in [0.717, 1.165) is 38.5 Å². The highest BCUT2D eigenvalue weighted by atomic mass is 35.5. The summed E-state index contributed by atoms with van der Waals surface area (Å²) in [7, 11) is -4.34. The molecule has 0 spiro atoms. The summed E-state index contributed by atoms with van der Waals surface area (Å²) >= 11 is 6.35. The van der Waals surface area contributed by atoms with Gasteiger partial charge in [-0.3, -0.25) is 4.79 Å². The Morgan fingerprint density at radius 2 is 1.80 bits per heavy atom. The first-order valence-electron chi connectivity index (χ1n) is 17.7. The highest BCUT2D eigenvalue weighted by molar-refractivity contribution is 7.90. The number of anilines is 1. The fraction of sp³-hybridized carbons (Fsp3) is 0.583. The zero-order chi connectivity index (χ0) is 37.3. The molecule has 2 amide bonds. The van der Waals surface area contributed by atoms with E-state index in [9.17, 15) is 18.0 Å². The van der Waals surface area contributed by atoms with Gasteiger partial charge in [-0.25, -0.2) is 24.2 Å². The molecular formula is C36H52ClN7O6S. The Kier molecular flexibility index (Phi) is 13.7. The fourth-order valence-corrected chi connectivity index (χ4v) is 7.49. The van der Waals surface area contributed by atoms with E-state index < -0.39 is 15.9 Å². The van der Waals surface area contributed by atoms with E-state index in [-0.39, 0.29) is 33.4 Å². The number of pyridine rings is 2. The zero-order valence-corrected chi connectivity index (χ0v) is 32.3. The third-order valence-corrected chi connectivity index (χ3v) is 10.8. The van der Waals surface area contributed by atoms with Crippen LogP contribution in [-0.2, 0) is 14.8 Å². The molecule has 1 unspecified atom stereocenters. The Labute approximate surface area is 306 Å². The topological polar surface area (TPSA) is 158 Å². The SMILES string of the molecule is CCCCOC(=O)N1C(CCCNc2cccc(S(=O)(=O)NC(=O)c3ccc(-n4ccc(OCC(C(C)C)C(C)C)n4)nc3Cl)n2)CCC1(C)C. The first-order chi connectivity index (χ1) is 24.1. The molecule has 3 aromatic rings. The van der Waals surface area contributed by atoms with E-state index in [4.69, 9.17) is 21.1 Å². The molecule has 0 bridgehead atoms. The molecule has 4 rings (SSSR count). The van der Waals surface area contributed by atoms with Crippen molar-refractivity contribution in [3.8, 4) is 11.7 Å². The maximum atomic E-state index is 13.2. The molecule has 0 aliphatic carbocycles. The van der Waals surface area contributed by atoms with E-state index in [1.165, 1.54) is 22.9 Å². The summed E-state index contributed by atoms with van der Waals surface area (Å²) < 4.78 is 41.3. The third-order valence-electron chi connectivity index (χ3n) is 9.29. The maximum absolute atomic E-state index is 13.2. The largest absolute Gasteiger partial charge is 0.476 e. The minimum absolute atomic E-state index is 0.0597. The molecule has 0 saturated carbocycles. The average molecular weight is 746 g/mol. The molecule has 13 nitrogen and oxygen atoms in total. The minimum atomic E-state index is -4.34. The summed E-state index contributed by atoms with van der Waals surface area (Å²) in [5.41, 5.74) is -0.404. The van der Waals surface area contributed by atoms with Gasteiger partial charge in [-0.2, -0.15) is 8.42 Å². The lowest BCUT2D eigenvalue weighted by Gasteiger charge is -2.35. The van der Waals surface area contributed by atoms with Crippen LogP contribution in [0.15, 0.2) is 47.6 Å². The number of carbonyl (C=O) groups excluding carboxylic acids is 2. The summed E-state index contributed by atoms with van der Waals surface area (Å²) in [5.74, 6) is 1.43. The van der Waals surface area contributed by atoms with Crippen molar-refractivity contribution >= 4 is 39.4 Å². The van der Waals surface area contributed by atoms with Crippen molar-refractivity contribution in [2.24, 2.45) is 17.8 Å². The van der Waals surface area contributed by atoms with Crippen LogP contribution in [0.2, 0.25) is 5.15 Å². The number of amides is 2. The molecule has 3 aromatic heterocycles. The van der Waals surface area contributed by atoms with Gasteiger partial charge in [0.25, 0.3) is 15.9 Å². The number of sulfonamides is 1. The van der Waals surface area contributed by atoms with Gasteiger partial charge >= 0.3 is 6.09 Å². The molecule has 15 heteroatoms. The second kappa shape index (κ2) is 17.5. The lowest BCUT2D eigenvalue weighted by Crippen LogP contribution is -2.47. The lowest BCUT2D eigenvalue weighted by atomic mass is 9.86. The number of likely N-dealkylation sites (tertiary alicyclic amines) is 1. The molecule has 2 N–H and O–H groups in total. The van der Waals surface area contributed by atoms with Crippen molar-refractivity contribution < 1.29 is 27.5 Å². The Morgan fingerprint density at radius 1 is 1.06 bits per heavy atom. The Bertz CT molecular complexity index is 1740. The van der Waals surface area contributed by atoms with Crippen LogP contribution in [-0.4, -0.2) is 76.4 Å². The molecule has 1 aliphatic rings. The van der Waals surface area contributed by atoms with E-state index in [0.29, 0.717) is 55.0 Å². The van der Waals surface area contributed by atoms with Gasteiger partial charge in [0.2, 0.25) is 5.88 Å². The second-order valence-corrected chi connectivity index (χ2v) is 16.3. The predicted octanol–water partition coefficient (Wildman–Crippen LogP) is 7.11. The molecule has 1 aliphatic heterocycles. The van der Waals surface area contributed by atoms with E-state index >= 15 is 0 Å². The predicted molar refractivity (Wildman–Crippen MR) is 197 cm³/mol. The first-order valence-corrected chi connectivity index (χ1v) is 19.6. The molecule has 1 saturated heterocycles. The van der Waals surface area contributed by atoms with Gasteiger partial charge in [-0.15, -0.1) is 5.10 Å². The molecule has 0 radical (unpaired) electrons. The number of nitrogens with zero attached hydrogens (tertiary/aromatic N) is 5. The molecule has 0 aromatic carbocycles. The fourth-order valence-electron chi connectivity index (χ4n) is 6.32. The molecule has 51 heavy (non-hydrogen) atoms. The molecule has 4 heterocycles. The number of halogens is 1. The number of ether oxygens (including phenoxy) is 2. The standard InChI is InChI=1S/C36H52ClN7O6S/c1-8-9-22-49-35(46)44-26(17-19-36(44,6)7)12-11-20-38-29-13-10-14-32(39-29)51(47,48)42-34(45)27-15-16-30(40-33(27)37)43-21-18-31(41-43)50-23-28(24(2)3)25(4)5/h10,13-16,18,21,24-26,28H,8-9,11-12,17,19-20,22-23H2,1-7H3,(H,38,39)(H,42,45). The van der Waals surface area contributed by atoms with Crippen molar-refractivity contribution in [3.05, 3.63) is 53.3 Å². The summed E-state index contributed by atoms with van der Waals surface area (Å²) in [6.45, 7) is 16.3. The molecular weight excluding hydrogens is 694 g/mol. The molecule has 1 atom stereocenters. The quantitative estimate of drug-likeness (QED) is 0.108. The van der Waals surface area contributed by atoms with E-state index in [1.54, 1.807) is 24.4 Å². The maximum Gasteiger partial charge on any atom is 0.410 e. The second-order valence-electron chi connectivity index (χ2n) is 14.3. The van der Waals surface area contributed by atoms with Crippen molar-refractivity contribution in [3.63, 3.8) is 0 Å². The number of unbranched alkanes of at least 4 members (excludes halogenated alkanes) is 1. The van der Waals surface area contributed by atoms with Crippen molar-refractivity contribution in [2.45, 2.75) is 104 Å². The normalized spacial score (nSPS) is 15.8. The monoisotopic (exact) mass is 745 g/mol. The Hall–Kier alpha value is -3.91.